The molecular formula is C19H30O3. The van der Waals surface area contributed by atoms with E-state index in [1.54, 1.807) is 13.8 Å². The normalized spacial score (nSPS) is 13.6. The number of benzene rings is 1. The van der Waals surface area contributed by atoms with Gasteiger partial charge in [0.25, 0.3) is 0 Å². The van der Waals surface area contributed by atoms with Crippen LogP contribution in [0.5, 0.6) is 5.75 Å². The molecule has 0 saturated carbocycles. The Morgan fingerprint density at radius 2 is 1.68 bits per heavy atom. The van der Waals surface area contributed by atoms with E-state index < -0.39 is 6.10 Å². The average Bonchev–Trinajstić information content (AvgIpc) is 2.36. The van der Waals surface area contributed by atoms with Crippen molar-refractivity contribution in [3.8, 4) is 5.75 Å². The lowest BCUT2D eigenvalue weighted by Crippen LogP contribution is -2.27. The van der Waals surface area contributed by atoms with Gasteiger partial charge in [-0.2, -0.15) is 0 Å². The fourth-order valence-corrected chi connectivity index (χ4v) is 2.18. The van der Waals surface area contributed by atoms with Crippen molar-refractivity contribution in [1.82, 2.24) is 0 Å². The summed E-state index contributed by atoms with van der Waals surface area (Å²) in [6, 6.07) is 6.23. The molecular weight excluding hydrogens is 276 g/mol. The molecule has 3 heteroatoms. The first-order valence-electron chi connectivity index (χ1n) is 7.95. The van der Waals surface area contributed by atoms with Crippen LogP contribution in [0.2, 0.25) is 0 Å². The van der Waals surface area contributed by atoms with E-state index in [-0.39, 0.29) is 16.8 Å². The Labute approximate surface area is 135 Å². The maximum Gasteiger partial charge on any atom is 0.347 e. The number of ether oxygens (including phenoxy) is 2. The summed E-state index contributed by atoms with van der Waals surface area (Å²) >= 11 is 0. The lowest BCUT2D eigenvalue weighted by atomic mass is 9.80. The second-order valence-electron chi connectivity index (χ2n) is 7.72. The van der Waals surface area contributed by atoms with Crippen LogP contribution in [-0.2, 0) is 20.4 Å². The van der Waals surface area contributed by atoms with Crippen molar-refractivity contribution in [2.75, 3.05) is 6.61 Å². The molecule has 124 valence electrons. The zero-order valence-corrected chi connectivity index (χ0v) is 15.2. The Bertz CT molecular complexity index is 518. The predicted octanol–water partition coefficient (Wildman–Crippen LogP) is 4.61. The maximum atomic E-state index is 11.8. The maximum absolute atomic E-state index is 11.8. The zero-order chi connectivity index (χ0) is 17.1. The Morgan fingerprint density at radius 3 is 2.14 bits per heavy atom. The van der Waals surface area contributed by atoms with Gasteiger partial charge in [0.15, 0.2) is 6.10 Å². The average molecular weight is 306 g/mol. The van der Waals surface area contributed by atoms with E-state index in [1.807, 2.05) is 6.07 Å². The molecule has 22 heavy (non-hydrogen) atoms. The van der Waals surface area contributed by atoms with E-state index in [0.29, 0.717) is 6.61 Å². The fraction of sp³-hybridized carbons (Fsp3) is 0.632. The lowest BCUT2D eigenvalue weighted by molar-refractivity contribution is -0.150. The second-order valence-corrected chi connectivity index (χ2v) is 7.72. The quantitative estimate of drug-likeness (QED) is 0.762. The van der Waals surface area contributed by atoms with E-state index in [0.717, 1.165) is 11.3 Å². The number of carbonyl (C=O) groups is 1. The van der Waals surface area contributed by atoms with Crippen LogP contribution in [0.4, 0.5) is 0 Å². The Hall–Kier alpha value is -1.51. The van der Waals surface area contributed by atoms with Gasteiger partial charge in [-0.15, -0.1) is 0 Å². The van der Waals surface area contributed by atoms with E-state index in [2.05, 4.69) is 53.7 Å². The predicted molar refractivity (Wildman–Crippen MR) is 90.6 cm³/mol. The summed E-state index contributed by atoms with van der Waals surface area (Å²) < 4.78 is 10.9. The molecule has 0 heterocycles. The SMILES string of the molecule is CCOC(=O)C(C)Oc1ccc(C(C)(C)C)cc1C(C)(C)C. The summed E-state index contributed by atoms with van der Waals surface area (Å²) in [7, 11) is 0. The number of esters is 1. The van der Waals surface area contributed by atoms with Crippen LogP contribution in [0.25, 0.3) is 0 Å². The Kier molecular flexibility index (Phi) is 5.66. The van der Waals surface area contributed by atoms with Crippen LogP contribution in [0.15, 0.2) is 18.2 Å². The van der Waals surface area contributed by atoms with Crippen LogP contribution >= 0.6 is 0 Å². The third kappa shape index (κ3) is 4.75. The summed E-state index contributed by atoms with van der Waals surface area (Å²) in [6.45, 7) is 16.9. The third-order valence-corrected chi connectivity index (χ3v) is 3.58. The number of hydrogen-bond acceptors (Lipinski definition) is 3. The number of carbonyl (C=O) groups excluding carboxylic acids is 1. The monoisotopic (exact) mass is 306 g/mol. The molecule has 0 aliphatic rings. The smallest absolute Gasteiger partial charge is 0.347 e. The molecule has 0 aromatic heterocycles. The van der Waals surface area contributed by atoms with Gasteiger partial charge in [-0.25, -0.2) is 4.79 Å². The summed E-state index contributed by atoms with van der Waals surface area (Å²) in [4.78, 5) is 11.8. The van der Waals surface area contributed by atoms with E-state index >= 15 is 0 Å². The summed E-state index contributed by atoms with van der Waals surface area (Å²) in [5.41, 5.74) is 2.38. The van der Waals surface area contributed by atoms with Crippen LogP contribution in [-0.4, -0.2) is 18.7 Å². The first-order chi connectivity index (χ1) is 9.96. The molecule has 0 amide bonds. The van der Waals surface area contributed by atoms with Crippen molar-refractivity contribution >= 4 is 5.97 Å². The molecule has 1 unspecified atom stereocenters. The Balaban J connectivity index is 3.17. The Morgan fingerprint density at radius 1 is 1.09 bits per heavy atom. The molecule has 0 radical (unpaired) electrons. The summed E-state index contributed by atoms with van der Waals surface area (Å²) in [6.07, 6.45) is -0.610. The van der Waals surface area contributed by atoms with Gasteiger partial charge in [0.2, 0.25) is 0 Å². The van der Waals surface area contributed by atoms with Gasteiger partial charge in [0, 0.05) is 0 Å². The minimum absolute atomic E-state index is 0.0645. The molecule has 1 aromatic carbocycles. The molecule has 0 aliphatic heterocycles. The van der Waals surface area contributed by atoms with Gasteiger partial charge in [0.05, 0.1) is 6.61 Å². The van der Waals surface area contributed by atoms with Crippen molar-refractivity contribution in [2.24, 2.45) is 0 Å². The zero-order valence-electron chi connectivity index (χ0n) is 15.2. The van der Waals surface area contributed by atoms with Crippen molar-refractivity contribution in [2.45, 2.75) is 72.3 Å². The van der Waals surface area contributed by atoms with Crippen LogP contribution < -0.4 is 4.74 Å². The molecule has 1 rings (SSSR count). The van der Waals surface area contributed by atoms with Gasteiger partial charge in [0.1, 0.15) is 5.75 Å². The van der Waals surface area contributed by atoms with Crippen molar-refractivity contribution in [3.63, 3.8) is 0 Å². The molecule has 0 saturated heterocycles. The van der Waals surface area contributed by atoms with Gasteiger partial charge >= 0.3 is 5.97 Å². The highest BCUT2D eigenvalue weighted by atomic mass is 16.6. The van der Waals surface area contributed by atoms with E-state index in [9.17, 15) is 4.79 Å². The van der Waals surface area contributed by atoms with Crippen molar-refractivity contribution < 1.29 is 14.3 Å². The molecule has 0 aliphatic carbocycles. The highest BCUT2D eigenvalue weighted by Gasteiger charge is 2.25. The third-order valence-electron chi connectivity index (χ3n) is 3.58. The summed E-state index contributed by atoms with van der Waals surface area (Å²) in [5, 5.41) is 0. The molecule has 1 aromatic rings. The van der Waals surface area contributed by atoms with Crippen LogP contribution in [0.1, 0.15) is 66.5 Å². The number of hydrogen-bond donors (Lipinski definition) is 0. The minimum atomic E-state index is -0.610. The fourth-order valence-electron chi connectivity index (χ4n) is 2.18. The molecule has 1 atom stereocenters. The second kappa shape index (κ2) is 6.72. The highest BCUT2D eigenvalue weighted by molar-refractivity contribution is 5.74. The largest absolute Gasteiger partial charge is 0.479 e. The highest BCUT2D eigenvalue weighted by Crippen LogP contribution is 2.35. The van der Waals surface area contributed by atoms with Gasteiger partial charge in [-0.1, -0.05) is 53.7 Å². The van der Waals surface area contributed by atoms with Crippen LogP contribution in [0.3, 0.4) is 0 Å². The van der Waals surface area contributed by atoms with Gasteiger partial charge in [-0.05, 0) is 41.9 Å². The molecule has 0 bridgehead atoms. The minimum Gasteiger partial charge on any atom is -0.479 e. The first-order valence-corrected chi connectivity index (χ1v) is 7.95. The topological polar surface area (TPSA) is 35.5 Å². The van der Waals surface area contributed by atoms with Gasteiger partial charge < -0.3 is 9.47 Å². The van der Waals surface area contributed by atoms with Crippen molar-refractivity contribution in [1.29, 1.82) is 0 Å². The summed E-state index contributed by atoms with van der Waals surface area (Å²) in [5.74, 6) is 0.420. The molecule has 0 fully saturated rings. The first kappa shape index (κ1) is 18.5. The van der Waals surface area contributed by atoms with Crippen LogP contribution in [0, 0.1) is 0 Å². The molecule has 0 spiro atoms. The standard InChI is InChI=1S/C19H30O3/c1-9-21-17(20)13(2)22-16-11-10-14(18(3,4)5)12-15(16)19(6,7)8/h10-13H,9H2,1-8H3. The van der Waals surface area contributed by atoms with E-state index in [1.165, 1.54) is 5.56 Å². The molecule has 0 N–H and O–H groups in total. The van der Waals surface area contributed by atoms with Gasteiger partial charge in [-0.3, -0.25) is 0 Å². The number of rotatable bonds is 4. The van der Waals surface area contributed by atoms with E-state index in [4.69, 9.17) is 9.47 Å². The van der Waals surface area contributed by atoms with Crippen molar-refractivity contribution in [3.05, 3.63) is 29.3 Å². The lowest BCUT2D eigenvalue weighted by Gasteiger charge is -2.28. The molecule has 3 nitrogen and oxygen atoms in total.